The number of nitrogens with two attached hydrogens (primary N) is 1. The summed E-state index contributed by atoms with van der Waals surface area (Å²) in [7, 11) is 0. The van der Waals surface area contributed by atoms with Crippen molar-refractivity contribution in [1.29, 1.82) is 0 Å². The molecule has 0 saturated carbocycles. The average molecular weight is 269 g/mol. The number of anilines is 1. The monoisotopic (exact) mass is 268 g/mol. The largest absolute Gasteiger partial charge is 0.367 e. The molecule has 5 heteroatoms. The second kappa shape index (κ2) is 5.40. The third kappa shape index (κ3) is 2.34. The number of hydrogen-bond acceptors (Lipinski definition) is 3. The molecule has 0 bridgehead atoms. The van der Waals surface area contributed by atoms with Gasteiger partial charge in [-0.3, -0.25) is 0 Å². The van der Waals surface area contributed by atoms with Crippen LogP contribution in [0.5, 0.6) is 0 Å². The SMILES string of the molecule is CCCCc1noc(N)c1-c1c(F)cccc1Cl. The van der Waals surface area contributed by atoms with Gasteiger partial charge < -0.3 is 10.3 Å². The fraction of sp³-hybridized carbons (Fsp3) is 0.308. The van der Waals surface area contributed by atoms with Crippen LogP contribution < -0.4 is 5.73 Å². The smallest absolute Gasteiger partial charge is 0.230 e. The molecule has 1 heterocycles. The number of nitrogen functional groups attached to an aromatic ring is 1. The van der Waals surface area contributed by atoms with Crippen LogP contribution in [0.15, 0.2) is 22.7 Å². The van der Waals surface area contributed by atoms with Crippen molar-refractivity contribution in [3.05, 3.63) is 34.7 Å². The molecule has 2 aromatic rings. The molecule has 2 N–H and O–H groups in total. The Kier molecular flexibility index (Phi) is 3.87. The van der Waals surface area contributed by atoms with E-state index < -0.39 is 5.82 Å². The van der Waals surface area contributed by atoms with Gasteiger partial charge in [0.05, 0.1) is 16.3 Å². The lowest BCUT2D eigenvalue weighted by molar-refractivity contribution is 0.426. The number of halogens is 2. The number of unbranched alkanes of at least 4 members (excludes halogenated alkanes) is 1. The van der Waals surface area contributed by atoms with Crippen molar-refractivity contribution < 1.29 is 8.91 Å². The highest BCUT2D eigenvalue weighted by molar-refractivity contribution is 6.33. The van der Waals surface area contributed by atoms with Crippen LogP contribution >= 0.6 is 11.6 Å². The molecule has 0 amide bonds. The first-order valence-corrected chi connectivity index (χ1v) is 6.21. The summed E-state index contributed by atoms with van der Waals surface area (Å²) < 4.78 is 18.8. The Balaban J connectivity index is 2.52. The topological polar surface area (TPSA) is 52.0 Å². The normalized spacial score (nSPS) is 10.8. The number of aryl methyl sites for hydroxylation is 1. The second-order valence-corrected chi connectivity index (χ2v) is 4.48. The third-order valence-electron chi connectivity index (χ3n) is 2.77. The van der Waals surface area contributed by atoms with E-state index in [1.807, 2.05) is 0 Å². The second-order valence-electron chi connectivity index (χ2n) is 4.07. The lowest BCUT2D eigenvalue weighted by atomic mass is 10.0. The lowest BCUT2D eigenvalue weighted by Gasteiger charge is -2.06. The first kappa shape index (κ1) is 12.9. The van der Waals surface area contributed by atoms with Crippen LogP contribution in [0, 0.1) is 5.82 Å². The molecule has 0 aliphatic heterocycles. The molecular formula is C13H14ClFN2O. The molecule has 0 radical (unpaired) electrons. The maximum Gasteiger partial charge on any atom is 0.230 e. The molecule has 96 valence electrons. The van der Waals surface area contributed by atoms with Gasteiger partial charge in [0.2, 0.25) is 5.88 Å². The highest BCUT2D eigenvalue weighted by atomic mass is 35.5. The summed E-state index contributed by atoms with van der Waals surface area (Å²) in [6.45, 7) is 2.07. The van der Waals surface area contributed by atoms with E-state index in [1.54, 1.807) is 12.1 Å². The van der Waals surface area contributed by atoms with Crippen molar-refractivity contribution in [2.24, 2.45) is 0 Å². The number of hydrogen-bond donors (Lipinski definition) is 1. The van der Waals surface area contributed by atoms with Crippen molar-refractivity contribution in [3.8, 4) is 11.1 Å². The van der Waals surface area contributed by atoms with Gasteiger partial charge in [-0.15, -0.1) is 0 Å². The molecule has 1 aromatic carbocycles. The quantitative estimate of drug-likeness (QED) is 0.910. The van der Waals surface area contributed by atoms with Gasteiger partial charge in [0.25, 0.3) is 0 Å². The van der Waals surface area contributed by atoms with Crippen LogP contribution in [0.25, 0.3) is 11.1 Å². The molecule has 0 saturated heterocycles. The number of benzene rings is 1. The summed E-state index contributed by atoms with van der Waals surface area (Å²) in [5, 5.41) is 4.19. The average Bonchev–Trinajstić information content (AvgIpc) is 2.69. The Morgan fingerprint density at radius 1 is 1.39 bits per heavy atom. The van der Waals surface area contributed by atoms with E-state index >= 15 is 0 Å². The van der Waals surface area contributed by atoms with Crippen LogP contribution in [-0.2, 0) is 6.42 Å². The van der Waals surface area contributed by atoms with Crippen LogP contribution in [0.4, 0.5) is 10.3 Å². The molecule has 18 heavy (non-hydrogen) atoms. The van der Waals surface area contributed by atoms with Gasteiger partial charge >= 0.3 is 0 Å². The zero-order valence-electron chi connectivity index (χ0n) is 10.0. The maximum absolute atomic E-state index is 13.9. The molecule has 1 aromatic heterocycles. The Hall–Kier alpha value is -1.55. The van der Waals surface area contributed by atoms with Crippen LogP contribution in [0.3, 0.4) is 0 Å². The van der Waals surface area contributed by atoms with E-state index in [0.29, 0.717) is 22.7 Å². The zero-order valence-corrected chi connectivity index (χ0v) is 10.8. The van der Waals surface area contributed by atoms with E-state index in [0.717, 1.165) is 12.8 Å². The molecule has 0 unspecified atom stereocenters. The minimum absolute atomic E-state index is 0.105. The Bertz CT molecular complexity index is 534. The van der Waals surface area contributed by atoms with Gasteiger partial charge in [-0.1, -0.05) is 36.2 Å². The standard InChI is InChI=1S/C13H14ClFN2O/c1-2-3-7-10-12(13(16)18-17-10)11-8(14)5-4-6-9(11)15/h4-6H,2-3,7,16H2,1H3. The third-order valence-corrected chi connectivity index (χ3v) is 3.08. The van der Waals surface area contributed by atoms with Crippen molar-refractivity contribution in [1.82, 2.24) is 5.16 Å². The first-order chi connectivity index (χ1) is 8.65. The molecule has 0 spiro atoms. The van der Waals surface area contributed by atoms with Crippen LogP contribution in [0.2, 0.25) is 5.02 Å². The van der Waals surface area contributed by atoms with Gasteiger partial charge in [-0.25, -0.2) is 4.39 Å². The number of aromatic nitrogens is 1. The van der Waals surface area contributed by atoms with E-state index in [-0.39, 0.29) is 11.4 Å². The van der Waals surface area contributed by atoms with Crippen molar-refractivity contribution in [3.63, 3.8) is 0 Å². The van der Waals surface area contributed by atoms with Gasteiger partial charge in [0.15, 0.2) is 0 Å². The van der Waals surface area contributed by atoms with Crippen LogP contribution in [0.1, 0.15) is 25.5 Å². The summed E-state index contributed by atoms with van der Waals surface area (Å²) in [6.07, 6.45) is 2.64. The van der Waals surface area contributed by atoms with Gasteiger partial charge in [-0.05, 0) is 25.0 Å². The van der Waals surface area contributed by atoms with Gasteiger partial charge in [-0.2, -0.15) is 0 Å². The predicted octanol–water partition coefficient (Wildman–Crippen LogP) is 4.06. The number of nitrogens with zero attached hydrogens (tertiary/aromatic N) is 1. The molecule has 3 nitrogen and oxygen atoms in total. The summed E-state index contributed by atoms with van der Waals surface area (Å²) in [4.78, 5) is 0. The molecular weight excluding hydrogens is 255 g/mol. The summed E-state index contributed by atoms with van der Waals surface area (Å²) >= 11 is 6.03. The Morgan fingerprint density at radius 3 is 2.83 bits per heavy atom. The Morgan fingerprint density at radius 2 is 2.17 bits per heavy atom. The maximum atomic E-state index is 13.9. The fourth-order valence-electron chi connectivity index (χ4n) is 1.86. The molecule has 0 atom stereocenters. The summed E-state index contributed by atoms with van der Waals surface area (Å²) in [6, 6.07) is 4.52. The highest BCUT2D eigenvalue weighted by Gasteiger charge is 2.20. The number of rotatable bonds is 4. The minimum Gasteiger partial charge on any atom is -0.367 e. The van der Waals surface area contributed by atoms with Crippen molar-refractivity contribution >= 4 is 17.5 Å². The van der Waals surface area contributed by atoms with Crippen molar-refractivity contribution in [2.45, 2.75) is 26.2 Å². The fourth-order valence-corrected chi connectivity index (χ4v) is 2.11. The predicted molar refractivity (Wildman–Crippen MR) is 69.9 cm³/mol. The van der Waals surface area contributed by atoms with E-state index in [2.05, 4.69) is 12.1 Å². The van der Waals surface area contributed by atoms with Crippen LogP contribution in [-0.4, -0.2) is 5.16 Å². The Labute approximate surface area is 110 Å². The van der Waals surface area contributed by atoms with Gasteiger partial charge in [0.1, 0.15) is 5.82 Å². The zero-order chi connectivity index (χ0) is 13.1. The molecule has 0 aliphatic carbocycles. The van der Waals surface area contributed by atoms with Crippen molar-refractivity contribution in [2.75, 3.05) is 5.73 Å². The summed E-state index contributed by atoms with van der Waals surface area (Å²) in [5.41, 5.74) is 7.13. The van der Waals surface area contributed by atoms with E-state index in [9.17, 15) is 4.39 Å². The lowest BCUT2D eigenvalue weighted by Crippen LogP contribution is -1.94. The first-order valence-electron chi connectivity index (χ1n) is 5.83. The molecule has 0 fully saturated rings. The van der Waals surface area contributed by atoms with Gasteiger partial charge in [0, 0.05) is 5.56 Å². The summed E-state index contributed by atoms with van der Waals surface area (Å²) in [5.74, 6) is -0.316. The highest BCUT2D eigenvalue weighted by Crippen LogP contribution is 2.37. The molecule has 2 rings (SSSR count). The minimum atomic E-state index is -0.421. The van der Waals surface area contributed by atoms with E-state index in [1.165, 1.54) is 6.07 Å². The molecule has 0 aliphatic rings. The van der Waals surface area contributed by atoms with E-state index in [4.69, 9.17) is 21.9 Å².